The van der Waals surface area contributed by atoms with Crippen molar-refractivity contribution >= 4 is 11.9 Å². The molecule has 0 spiro atoms. The monoisotopic (exact) mass is 225 g/mol. The van der Waals surface area contributed by atoms with Crippen LogP contribution in [0.1, 0.15) is 32.1 Å². The topological polar surface area (TPSA) is 61.4 Å². The zero-order valence-corrected chi connectivity index (χ0v) is 9.50. The van der Waals surface area contributed by atoms with Crippen LogP contribution in [0.4, 0.5) is 4.79 Å². The van der Waals surface area contributed by atoms with Crippen molar-refractivity contribution in [2.75, 3.05) is 19.6 Å². The van der Waals surface area contributed by atoms with Gasteiger partial charge in [-0.2, -0.15) is 0 Å². The van der Waals surface area contributed by atoms with E-state index in [1.807, 2.05) is 0 Å². The Labute approximate surface area is 95.6 Å². The molecule has 0 aromatic carbocycles. The van der Waals surface area contributed by atoms with Gasteiger partial charge in [0.1, 0.15) is 6.54 Å². The SMILES string of the molecule is O=C1CN(C(=O)NC2CCCC2)CCCN1. The Hall–Kier alpha value is -1.26. The minimum absolute atomic E-state index is 0.0564. The highest BCUT2D eigenvalue weighted by Gasteiger charge is 2.23. The minimum Gasteiger partial charge on any atom is -0.354 e. The van der Waals surface area contributed by atoms with Crippen molar-refractivity contribution in [2.45, 2.75) is 38.1 Å². The van der Waals surface area contributed by atoms with Gasteiger partial charge < -0.3 is 15.5 Å². The van der Waals surface area contributed by atoms with Gasteiger partial charge in [0.05, 0.1) is 0 Å². The van der Waals surface area contributed by atoms with Crippen LogP contribution in [0.15, 0.2) is 0 Å². The van der Waals surface area contributed by atoms with Crippen molar-refractivity contribution in [1.29, 1.82) is 0 Å². The second kappa shape index (κ2) is 5.18. The summed E-state index contributed by atoms with van der Waals surface area (Å²) < 4.78 is 0. The lowest BCUT2D eigenvalue weighted by molar-refractivity contribution is -0.121. The predicted molar refractivity (Wildman–Crippen MR) is 60.0 cm³/mol. The number of nitrogens with one attached hydrogen (secondary N) is 2. The van der Waals surface area contributed by atoms with Gasteiger partial charge in [-0.3, -0.25) is 4.79 Å². The third-order valence-corrected chi connectivity index (χ3v) is 3.23. The summed E-state index contributed by atoms with van der Waals surface area (Å²) in [5.74, 6) is -0.0564. The highest BCUT2D eigenvalue weighted by Crippen LogP contribution is 2.17. The zero-order valence-electron chi connectivity index (χ0n) is 9.50. The first-order chi connectivity index (χ1) is 7.75. The second-order valence-corrected chi connectivity index (χ2v) is 4.56. The van der Waals surface area contributed by atoms with Crippen LogP contribution >= 0.6 is 0 Å². The van der Waals surface area contributed by atoms with E-state index in [0.717, 1.165) is 19.3 Å². The fraction of sp³-hybridized carbons (Fsp3) is 0.818. The molecule has 2 fully saturated rings. The van der Waals surface area contributed by atoms with Crippen LogP contribution in [0.3, 0.4) is 0 Å². The molecule has 1 saturated heterocycles. The Balaban J connectivity index is 1.84. The highest BCUT2D eigenvalue weighted by atomic mass is 16.2. The summed E-state index contributed by atoms with van der Waals surface area (Å²) in [6.07, 6.45) is 5.39. The number of hydrogen-bond donors (Lipinski definition) is 2. The van der Waals surface area contributed by atoms with Crippen molar-refractivity contribution in [3.8, 4) is 0 Å². The van der Waals surface area contributed by atoms with Crippen molar-refractivity contribution < 1.29 is 9.59 Å². The van der Waals surface area contributed by atoms with Gasteiger partial charge in [-0.1, -0.05) is 12.8 Å². The summed E-state index contributed by atoms with van der Waals surface area (Å²) in [6.45, 7) is 1.53. The molecule has 1 aliphatic heterocycles. The number of carbonyl (C=O) groups is 2. The zero-order chi connectivity index (χ0) is 11.4. The predicted octanol–water partition coefficient (Wildman–Crippen LogP) is 0.460. The summed E-state index contributed by atoms with van der Waals surface area (Å²) in [5, 5.41) is 5.77. The van der Waals surface area contributed by atoms with Crippen molar-refractivity contribution in [3.63, 3.8) is 0 Å². The standard InChI is InChI=1S/C11H19N3O2/c15-10-8-14(7-3-6-12-10)11(16)13-9-4-1-2-5-9/h9H,1-8H2,(H,12,15)(H,13,16). The number of nitrogens with zero attached hydrogens (tertiary/aromatic N) is 1. The van der Waals surface area contributed by atoms with Gasteiger partial charge >= 0.3 is 6.03 Å². The number of carbonyl (C=O) groups excluding carboxylic acids is 2. The van der Waals surface area contributed by atoms with Gasteiger partial charge in [0.2, 0.25) is 5.91 Å². The summed E-state index contributed by atoms with van der Waals surface area (Å²) in [4.78, 5) is 24.8. The molecule has 0 bridgehead atoms. The molecule has 16 heavy (non-hydrogen) atoms. The first-order valence-corrected chi connectivity index (χ1v) is 6.08. The molecule has 5 heteroatoms. The van der Waals surface area contributed by atoms with Gasteiger partial charge in [-0.15, -0.1) is 0 Å². The maximum atomic E-state index is 11.9. The molecule has 2 N–H and O–H groups in total. The number of rotatable bonds is 1. The number of urea groups is 1. The van der Waals surface area contributed by atoms with Crippen LogP contribution in [-0.4, -0.2) is 42.5 Å². The quantitative estimate of drug-likeness (QED) is 0.681. The molecule has 1 aliphatic carbocycles. The summed E-state index contributed by atoms with van der Waals surface area (Å²) in [6, 6.07) is 0.239. The smallest absolute Gasteiger partial charge is 0.318 e. The lowest BCUT2D eigenvalue weighted by Gasteiger charge is -2.22. The van der Waals surface area contributed by atoms with Gasteiger partial charge in [0, 0.05) is 19.1 Å². The van der Waals surface area contributed by atoms with Gasteiger partial charge in [0.15, 0.2) is 0 Å². The van der Waals surface area contributed by atoms with Crippen LogP contribution in [0.2, 0.25) is 0 Å². The first-order valence-electron chi connectivity index (χ1n) is 6.08. The maximum Gasteiger partial charge on any atom is 0.318 e. The van der Waals surface area contributed by atoms with E-state index in [4.69, 9.17) is 0 Å². The Morgan fingerprint density at radius 3 is 2.81 bits per heavy atom. The lowest BCUT2D eigenvalue weighted by Crippen LogP contribution is -2.46. The Morgan fingerprint density at radius 1 is 1.31 bits per heavy atom. The largest absolute Gasteiger partial charge is 0.354 e. The molecular weight excluding hydrogens is 206 g/mol. The highest BCUT2D eigenvalue weighted by molar-refractivity contribution is 5.84. The average molecular weight is 225 g/mol. The van der Waals surface area contributed by atoms with Crippen LogP contribution in [0.25, 0.3) is 0 Å². The van der Waals surface area contributed by atoms with Crippen LogP contribution < -0.4 is 10.6 Å². The molecule has 1 saturated carbocycles. The fourth-order valence-corrected chi connectivity index (χ4v) is 2.32. The molecule has 5 nitrogen and oxygen atoms in total. The van der Waals surface area contributed by atoms with E-state index in [2.05, 4.69) is 10.6 Å². The summed E-state index contributed by atoms with van der Waals surface area (Å²) in [5.41, 5.74) is 0. The van der Waals surface area contributed by atoms with Crippen molar-refractivity contribution in [2.24, 2.45) is 0 Å². The molecule has 0 radical (unpaired) electrons. The Bertz CT molecular complexity index is 274. The summed E-state index contributed by atoms with van der Waals surface area (Å²) >= 11 is 0. The van der Waals surface area contributed by atoms with Crippen molar-refractivity contribution in [3.05, 3.63) is 0 Å². The van der Waals surface area contributed by atoms with Gasteiger partial charge in [0.25, 0.3) is 0 Å². The van der Waals surface area contributed by atoms with Crippen LogP contribution in [0, 0.1) is 0 Å². The fourth-order valence-electron chi connectivity index (χ4n) is 2.32. The molecular formula is C11H19N3O2. The Kier molecular flexibility index (Phi) is 3.64. The number of hydrogen-bond acceptors (Lipinski definition) is 2. The third kappa shape index (κ3) is 2.87. The van der Waals surface area contributed by atoms with E-state index in [1.54, 1.807) is 4.90 Å². The van der Waals surface area contributed by atoms with E-state index in [9.17, 15) is 9.59 Å². The molecule has 1 heterocycles. The summed E-state index contributed by atoms with van der Waals surface area (Å²) in [7, 11) is 0. The average Bonchev–Trinajstić information content (AvgIpc) is 2.65. The van der Waals surface area contributed by atoms with Crippen molar-refractivity contribution in [1.82, 2.24) is 15.5 Å². The van der Waals surface area contributed by atoms with E-state index in [1.165, 1.54) is 12.8 Å². The molecule has 0 aromatic heterocycles. The number of amides is 3. The minimum atomic E-state index is -0.0797. The van der Waals surface area contributed by atoms with E-state index in [-0.39, 0.29) is 18.5 Å². The molecule has 0 atom stereocenters. The first kappa shape index (κ1) is 11.2. The Morgan fingerprint density at radius 2 is 2.06 bits per heavy atom. The lowest BCUT2D eigenvalue weighted by atomic mass is 10.2. The van der Waals surface area contributed by atoms with Crippen LogP contribution in [0.5, 0.6) is 0 Å². The molecule has 2 aliphatic rings. The maximum absolute atomic E-state index is 11.9. The molecule has 2 rings (SSSR count). The van der Waals surface area contributed by atoms with Gasteiger partial charge in [-0.05, 0) is 19.3 Å². The van der Waals surface area contributed by atoms with E-state index in [0.29, 0.717) is 19.1 Å². The molecule has 3 amide bonds. The van der Waals surface area contributed by atoms with Crippen LogP contribution in [-0.2, 0) is 4.79 Å². The second-order valence-electron chi connectivity index (χ2n) is 4.56. The van der Waals surface area contributed by atoms with Gasteiger partial charge in [-0.25, -0.2) is 4.79 Å². The van der Waals surface area contributed by atoms with E-state index < -0.39 is 0 Å². The van der Waals surface area contributed by atoms with E-state index >= 15 is 0 Å². The third-order valence-electron chi connectivity index (χ3n) is 3.23. The molecule has 0 aromatic rings. The molecule has 90 valence electrons. The normalized spacial score (nSPS) is 22.8. The molecule has 0 unspecified atom stereocenters.